The molecule has 0 atom stereocenters. The van der Waals surface area contributed by atoms with Crippen LogP contribution >= 0.6 is 0 Å². The first-order chi connectivity index (χ1) is 12.9. The lowest BCUT2D eigenvalue weighted by Crippen LogP contribution is -2.15. The molecule has 0 aliphatic carbocycles. The molecule has 0 heterocycles. The van der Waals surface area contributed by atoms with E-state index in [2.05, 4.69) is 4.72 Å². The zero-order valence-electron chi connectivity index (χ0n) is 14.1. The largest absolute Gasteiger partial charge is 0.457 e. The Hall–Kier alpha value is -3.39. The van der Waals surface area contributed by atoms with E-state index in [1.54, 1.807) is 60.7 Å². The van der Waals surface area contributed by atoms with E-state index >= 15 is 0 Å². The number of nitro groups is 1. The average molecular weight is 384 g/mol. The van der Waals surface area contributed by atoms with Crippen molar-refractivity contribution in [3.05, 3.63) is 94.5 Å². The highest BCUT2D eigenvalue weighted by atomic mass is 32.2. The van der Waals surface area contributed by atoms with Crippen LogP contribution in [0.25, 0.3) is 0 Å². The van der Waals surface area contributed by atoms with Crippen LogP contribution in [-0.4, -0.2) is 13.3 Å². The molecule has 0 unspecified atom stereocenters. The maximum Gasteiger partial charge on any atom is 0.273 e. The molecule has 0 saturated heterocycles. The second kappa shape index (κ2) is 7.88. The van der Waals surface area contributed by atoms with Crippen LogP contribution in [-0.2, 0) is 15.8 Å². The summed E-state index contributed by atoms with van der Waals surface area (Å²) < 4.78 is 33.2. The molecule has 0 aromatic heterocycles. The van der Waals surface area contributed by atoms with Crippen LogP contribution in [0.15, 0.2) is 78.9 Å². The highest BCUT2D eigenvalue weighted by Crippen LogP contribution is 2.31. The Morgan fingerprint density at radius 2 is 1.56 bits per heavy atom. The molecule has 0 bridgehead atoms. The van der Waals surface area contributed by atoms with Gasteiger partial charge < -0.3 is 4.74 Å². The minimum absolute atomic E-state index is 0.119. The van der Waals surface area contributed by atoms with Crippen LogP contribution in [0, 0.1) is 10.1 Å². The Balaban J connectivity index is 1.90. The maximum absolute atomic E-state index is 12.5. The number of nitro benzene ring substituents is 1. The molecule has 27 heavy (non-hydrogen) atoms. The molecule has 0 spiro atoms. The van der Waals surface area contributed by atoms with E-state index < -0.39 is 14.9 Å². The number of hydrogen-bond acceptors (Lipinski definition) is 5. The summed E-state index contributed by atoms with van der Waals surface area (Å²) in [5, 5.41) is 11.1. The summed E-state index contributed by atoms with van der Waals surface area (Å²) in [5.41, 5.74) is 0.566. The molecule has 0 radical (unpaired) electrons. The molecule has 3 rings (SSSR count). The Morgan fingerprint density at radius 3 is 2.19 bits per heavy atom. The molecule has 8 heteroatoms. The predicted octanol–water partition coefficient (Wildman–Crippen LogP) is 4.33. The fourth-order valence-electron chi connectivity index (χ4n) is 2.41. The molecule has 0 fully saturated rings. The average Bonchev–Trinajstić information content (AvgIpc) is 2.64. The molecule has 7 nitrogen and oxygen atoms in total. The highest BCUT2D eigenvalue weighted by Gasteiger charge is 2.19. The Bertz CT molecular complexity index is 1040. The lowest BCUT2D eigenvalue weighted by molar-refractivity contribution is -0.384. The third-order valence-electron chi connectivity index (χ3n) is 3.63. The molecule has 0 aliphatic heterocycles. The van der Waals surface area contributed by atoms with E-state index in [-0.39, 0.29) is 17.2 Å². The topological polar surface area (TPSA) is 98.5 Å². The molecule has 3 aromatic carbocycles. The van der Waals surface area contributed by atoms with Gasteiger partial charge in [-0.05, 0) is 30.3 Å². The van der Waals surface area contributed by atoms with Gasteiger partial charge in [-0.15, -0.1) is 0 Å². The monoisotopic (exact) mass is 384 g/mol. The normalized spacial score (nSPS) is 11.0. The minimum Gasteiger partial charge on any atom is -0.457 e. The second-order valence-corrected chi connectivity index (χ2v) is 7.41. The zero-order chi connectivity index (χ0) is 19.3. The number of benzene rings is 3. The fraction of sp³-hybridized carbons (Fsp3) is 0.0526. The lowest BCUT2D eigenvalue weighted by Gasteiger charge is -2.13. The number of anilines is 1. The van der Waals surface area contributed by atoms with Crippen molar-refractivity contribution in [3.63, 3.8) is 0 Å². The van der Waals surface area contributed by atoms with E-state index in [0.29, 0.717) is 17.0 Å². The van der Waals surface area contributed by atoms with Gasteiger partial charge in [0.15, 0.2) is 0 Å². The van der Waals surface area contributed by atoms with E-state index in [9.17, 15) is 18.5 Å². The third kappa shape index (κ3) is 5.05. The van der Waals surface area contributed by atoms with Crippen molar-refractivity contribution in [3.8, 4) is 11.5 Å². The number of nitrogens with one attached hydrogen (secondary N) is 1. The fourth-order valence-corrected chi connectivity index (χ4v) is 3.63. The molecule has 1 N–H and O–H groups in total. The van der Waals surface area contributed by atoms with E-state index in [1.807, 2.05) is 0 Å². The van der Waals surface area contributed by atoms with Crippen molar-refractivity contribution < 1.29 is 18.1 Å². The number of non-ortho nitro benzene ring substituents is 1. The molecule has 138 valence electrons. The summed E-state index contributed by atoms with van der Waals surface area (Å²) >= 11 is 0. The van der Waals surface area contributed by atoms with Crippen LogP contribution in [0.2, 0.25) is 0 Å². The summed E-state index contributed by atoms with van der Waals surface area (Å²) in [7, 11) is -3.74. The molecular formula is C19H16N2O5S. The number of nitrogens with zero attached hydrogens (tertiary/aromatic N) is 1. The first-order valence-corrected chi connectivity index (χ1v) is 9.64. The smallest absolute Gasteiger partial charge is 0.273 e. The molecule has 0 saturated carbocycles. The van der Waals surface area contributed by atoms with Crippen molar-refractivity contribution in [1.29, 1.82) is 0 Å². The number of hydrogen-bond donors (Lipinski definition) is 1. The van der Waals surface area contributed by atoms with Gasteiger partial charge in [-0.2, -0.15) is 0 Å². The summed E-state index contributed by atoms with van der Waals surface area (Å²) in [6.45, 7) is 0. The van der Waals surface area contributed by atoms with Gasteiger partial charge in [-0.25, -0.2) is 8.42 Å². The summed E-state index contributed by atoms with van der Waals surface area (Å²) in [6, 6.07) is 21.0. The molecular weight excluding hydrogens is 368 g/mol. The van der Waals surface area contributed by atoms with Crippen LogP contribution in [0.1, 0.15) is 5.56 Å². The first-order valence-electron chi connectivity index (χ1n) is 7.99. The number of ether oxygens (including phenoxy) is 1. The minimum atomic E-state index is -3.74. The number of para-hydroxylation sites is 2. The van der Waals surface area contributed by atoms with Crippen molar-refractivity contribution in [2.75, 3.05) is 4.72 Å². The Labute approximate surface area is 156 Å². The molecule has 0 aliphatic rings. The predicted molar refractivity (Wildman–Crippen MR) is 102 cm³/mol. The highest BCUT2D eigenvalue weighted by molar-refractivity contribution is 7.91. The van der Waals surface area contributed by atoms with Gasteiger partial charge in [0, 0.05) is 17.3 Å². The molecule has 3 aromatic rings. The van der Waals surface area contributed by atoms with Gasteiger partial charge in [-0.1, -0.05) is 36.4 Å². The van der Waals surface area contributed by atoms with Gasteiger partial charge in [0.05, 0.1) is 16.7 Å². The van der Waals surface area contributed by atoms with Gasteiger partial charge in [-0.3, -0.25) is 14.8 Å². The summed E-state index contributed by atoms with van der Waals surface area (Å²) in [4.78, 5) is 10.5. The standard InChI is InChI=1S/C19H16N2O5S/c22-21(23)17-12-11-15(19(13-17)26-18-9-5-2-6-10-18)14-27(24,25)20-16-7-3-1-4-8-16/h1-13,20H,14H2. The van der Waals surface area contributed by atoms with Crippen LogP contribution in [0.4, 0.5) is 11.4 Å². The molecule has 0 amide bonds. The van der Waals surface area contributed by atoms with Gasteiger partial charge in [0.2, 0.25) is 10.0 Å². The van der Waals surface area contributed by atoms with Gasteiger partial charge >= 0.3 is 0 Å². The van der Waals surface area contributed by atoms with Crippen molar-refractivity contribution in [1.82, 2.24) is 0 Å². The SMILES string of the molecule is O=[N+]([O-])c1ccc(CS(=O)(=O)Nc2ccccc2)c(Oc2ccccc2)c1. The summed E-state index contributed by atoms with van der Waals surface area (Å²) in [5.74, 6) is 0.184. The van der Waals surface area contributed by atoms with E-state index in [1.165, 1.54) is 18.2 Å². The number of sulfonamides is 1. The summed E-state index contributed by atoms with van der Waals surface area (Å²) in [6.07, 6.45) is 0. The van der Waals surface area contributed by atoms with Crippen molar-refractivity contribution in [2.45, 2.75) is 5.75 Å². The third-order valence-corrected chi connectivity index (χ3v) is 4.86. The van der Waals surface area contributed by atoms with E-state index in [0.717, 1.165) is 0 Å². The quantitative estimate of drug-likeness (QED) is 0.483. The van der Waals surface area contributed by atoms with Crippen LogP contribution in [0.3, 0.4) is 0 Å². The Morgan fingerprint density at radius 1 is 0.926 bits per heavy atom. The van der Waals surface area contributed by atoms with Crippen LogP contribution < -0.4 is 9.46 Å². The second-order valence-electron chi connectivity index (χ2n) is 5.69. The zero-order valence-corrected chi connectivity index (χ0v) is 14.9. The Kier molecular flexibility index (Phi) is 5.37. The van der Waals surface area contributed by atoms with E-state index in [4.69, 9.17) is 4.74 Å². The van der Waals surface area contributed by atoms with Gasteiger partial charge in [0.1, 0.15) is 11.5 Å². The van der Waals surface area contributed by atoms with Gasteiger partial charge in [0.25, 0.3) is 5.69 Å². The van der Waals surface area contributed by atoms with Crippen molar-refractivity contribution >= 4 is 21.4 Å². The first kappa shape index (κ1) is 18.4. The van der Waals surface area contributed by atoms with Crippen LogP contribution in [0.5, 0.6) is 11.5 Å². The lowest BCUT2D eigenvalue weighted by atomic mass is 10.2. The number of rotatable bonds is 7. The maximum atomic E-state index is 12.5. The van der Waals surface area contributed by atoms with Crippen molar-refractivity contribution in [2.24, 2.45) is 0 Å².